The highest BCUT2D eigenvalue weighted by Crippen LogP contribution is 2.31. The zero-order valence-electron chi connectivity index (χ0n) is 17.0. The van der Waals surface area contributed by atoms with E-state index in [-0.39, 0.29) is 29.6 Å². The summed E-state index contributed by atoms with van der Waals surface area (Å²) in [6.45, 7) is 1.89. The molecule has 10 heteroatoms. The van der Waals surface area contributed by atoms with Gasteiger partial charge in [0.1, 0.15) is 17.2 Å². The number of carbonyl (C=O) groups excluding carboxylic acids is 1. The minimum atomic E-state index is -0.597. The van der Waals surface area contributed by atoms with Crippen LogP contribution in [0.3, 0.4) is 0 Å². The smallest absolute Gasteiger partial charge is 0.406 e. The summed E-state index contributed by atoms with van der Waals surface area (Å²) in [6, 6.07) is 4.33. The quantitative estimate of drug-likeness (QED) is 0.464. The lowest BCUT2D eigenvalue weighted by molar-refractivity contribution is 0.0281. The van der Waals surface area contributed by atoms with Gasteiger partial charge in [0.15, 0.2) is 16.9 Å². The van der Waals surface area contributed by atoms with Crippen molar-refractivity contribution in [1.82, 2.24) is 30.0 Å². The van der Waals surface area contributed by atoms with Gasteiger partial charge in [-0.3, -0.25) is 4.68 Å². The van der Waals surface area contributed by atoms with Crippen LogP contribution in [0.1, 0.15) is 19.8 Å². The third kappa shape index (κ3) is 3.48. The molecule has 1 saturated carbocycles. The third-order valence-electron chi connectivity index (χ3n) is 5.81. The zero-order valence-corrected chi connectivity index (χ0v) is 17.0. The monoisotopic (exact) mass is 424 g/mol. The molecule has 0 saturated heterocycles. The fourth-order valence-corrected chi connectivity index (χ4v) is 3.95. The fourth-order valence-electron chi connectivity index (χ4n) is 3.95. The van der Waals surface area contributed by atoms with Crippen LogP contribution in [0.25, 0.3) is 33.5 Å². The number of amides is 1. The Labute approximate surface area is 176 Å². The molecule has 0 spiro atoms. The molecular weight excluding hydrogens is 403 g/mol. The van der Waals surface area contributed by atoms with Crippen molar-refractivity contribution in [2.24, 2.45) is 13.0 Å². The summed E-state index contributed by atoms with van der Waals surface area (Å²) in [5.74, 6) is 0.134. The highest BCUT2D eigenvalue weighted by atomic mass is 19.1. The molecule has 1 fully saturated rings. The lowest BCUT2D eigenvalue weighted by Crippen LogP contribution is -2.46. The predicted molar refractivity (Wildman–Crippen MR) is 111 cm³/mol. The van der Waals surface area contributed by atoms with Crippen molar-refractivity contribution >= 4 is 28.2 Å². The number of carbonyl (C=O) groups is 1. The topological polar surface area (TPSA) is 118 Å². The van der Waals surface area contributed by atoms with Crippen molar-refractivity contribution in [3.8, 4) is 17.1 Å². The highest BCUT2D eigenvalue weighted by molar-refractivity contribution is 5.93. The molecule has 3 aromatic heterocycles. The SMILES string of the molecule is CC(NC(=O)Oc1c[nH]c2ncc(-c3nn(C)c4cc(F)ccc34)nc12)C1CC(O)C1. The van der Waals surface area contributed by atoms with Crippen LogP contribution in [0, 0.1) is 11.7 Å². The van der Waals surface area contributed by atoms with Crippen LogP contribution in [0.5, 0.6) is 5.75 Å². The standard InChI is InChI=1S/C21H21FN6O3/c1-10(11-5-13(29)6-11)25-21(30)31-17-9-24-20-19(17)26-15(8-23-20)18-14-4-3-12(22)7-16(14)28(2)27-18/h3-4,7-11,13,29H,5-6H2,1-2H3,(H,23,24)(H,25,30). The summed E-state index contributed by atoms with van der Waals surface area (Å²) in [5.41, 5.74) is 2.53. The van der Waals surface area contributed by atoms with Crippen LogP contribution in [0.15, 0.2) is 30.6 Å². The second-order valence-corrected chi connectivity index (χ2v) is 7.95. The van der Waals surface area contributed by atoms with Crippen LogP contribution in [0.4, 0.5) is 9.18 Å². The maximum Gasteiger partial charge on any atom is 0.412 e. The van der Waals surface area contributed by atoms with Crippen molar-refractivity contribution in [1.29, 1.82) is 0 Å². The van der Waals surface area contributed by atoms with Gasteiger partial charge in [0.2, 0.25) is 0 Å². The first-order chi connectivity index (χ1) is 14.9. The van der Waals surface area contributed by atoms with E-state index < -0.39 is 6.09 Å². The maximum atomic E-state index is 13.6. The number of rotatable bonds is 4. The second kappa shape index (κ2) is 7.31. The number of H-pyrrole nitrogens is 1. The van der Waals surface area contributed by atoms with Crippen molar-refractivity contribution in [2.75, 3.05) is 0 Å². The van der Waals surface area contributed by atoms with E-state index in [1.165, 1.54) is 18.3 Å². The minimum Gasteiger partial charge on any atom is -0.406 e. The summed E-state index contributed by atoms with van der Waals surface area (Å²) in [4.78, 5) is 24.2. The number of fused-ring (bicyclic) bond motifs is 2. The molecule has 9 nitrogen and oxygen atoms in total. The van der Waals surface area contributed by atoms with E-state index in [2.05, 4.69) is 25.4 Å². The summed E-state index contributed by atoms with van der Waals surface area (Å²) in [5, 5.41) is 17.4. The lowest BCUT2D eigenvalue weighted by Gasteiger charge is -2.35. The van der Waals surface area contributed by atoms with Gasteiger partial charge in [-0.05, 0) is 43.9 Å². The number of ether oxygens (including phenoxy) is 1. The number of hydrogen-bond acceptors (Lipinski definition) is 6. The van der Waals surface area contributed by atoms with Gasteiger partial charge in [0.25, 0.3) is 0 Å². The first kappa shape index (κ1) is 19.4. The Morgan fingerprint density at radius 2 is 2.23 bits per heavy atom. The molecule has 0 bridgehead atoms. The summed E-state index contributed by atoms with van der Waals surface area (Å²) < 4.78 is 20.7. The fraction of sp³-hybridized carbons (Fsp3) is 0.333. The Bertz CT molecular complexity index is 1290. The summed E-state index contributed by atoms with van der Waals surface area (Å²) >= 11 is 0. The Kier molecular flexibility index (Phi) is 4.58. The van der Waals surface area contributed by atoms with Gasteiger partial charge in [-0.15, -0.1) is 0 Å². The highest BCUT2D eigenvalue weighted by Gasteiger charge is 2.32. The van der Waals surface area contributed by atoms with Gasteiger partial charge in [-0.1, -0.05) is 0 Å². The molecule has 0 aliphatic heterocycles. The van der Waals surface area contributed by atoms with E-state index >= 15 is 0 Å². The normalized spacial score (nSPS) is 19.4. The van der Waals surface area contributed by atoms with Gasteiger partial charge in [0.05, 0.1) is 17.8 Å². The van der Waals surface area contributed by atoms with E-state index in [1.54, 1.807) is 24.0 Å². The molecule has 1 aliphatic rings. The summed E-state index contributed by atoms with van der Waals surface area (Å²) in [6.07, 6.45) is 3.55. The van der Waals surface area contributed by atoms with Crippen molar-refractivity contribution < 1.29 is 19.0 Å². The van der Waals surface area contributed by atoms with E-state index in [1.807, 2.05) is 6.92 Å². The molecule has 3 heterocycles. The van der Waals surface area contributed by atoms with E-state index in [0.717, 1.165) is 5.39 Å². The molecule has 1 aromatic carbocycles. The minimum absolute atomic E-state index is 0.108. The van der Waals surface area contributed by atoms with Gasteiger partial charge >= 0.3 is 6.09 Å². The molecule has 4 aromatic rings. The number of nitrogens with zero attached hydrogens (tertiary/aromatic N) is 4. The molecule has 160 valence electrons. The molecular formula is C21H21FN6O3. The number of hydrogen-bond donors (Lipinski definition) is 3. The molecule has 1 amide bonds. The Hall–Kier alpha value is -3.53. The first-order valence-corrected chi connectivity index (χ1v) is 10.0. The van der Waals surface area contributed by atoms with Crippen LogP contribution in [-0.2, 0) is 7.05 Å². The molecule has 1 unspecified atom stereocenters. The van der Waals surface area contributed by atoms with Crippen LogP contribution < -0.4 is 10.1 Å². The zero-order chi connectivity index (χ0) is 21.7. The van der Waals surface area contributed by atoms with Crippen molar-refractivity contribution in [3.63, 3.8) is 0 Å². The number of aromatic amines is 1. The van der Waals surface area contributed by atoms with Gasteiger partial charge in [0, 0.05) is 24.7 Å². The lowest BCUT2D eigenvalue weighted by atomic mass is 9.78. The molecule has 31 heavy (non-hydrogen) atoms. The van der Waals surface area contributed by atoms with Crippen LogP contribution in [0.2, 0.25) is 0 Å². The number of aromatic nitrogens is 5. The van der Waals surface area contributed by atoms with Crippen molar-refractivity contribution in [3.05, 3.63) is 36.4 Å². The number of aliphatic hydroxyl groups is 1. The number of halogens is 1. The van der Waals surface area contributed by atoms with Gasteiger partial charge in [-0.25, -0.2) is 19.2 Å². The second-order valence-electron chi connectivity index (χ2n) is 7.95. The van der Waals surface area contributed by atoms with E-state index in [0.29, 0.717) is 40.9 Å². The first-order valence-electron chi connectivity index (χ1n) is 10.0. The maximum absolute atomic E-state index is 13.6. The third-order valence-corrected chi connectivity index (χ3v) is 5.81. The number of aryl methyl sites for hydroxylation is 1. The number of benzene rings is 1. The Morgan fingerprint density at radius 1 is 1.42 bits per heavy atom. The average Bonchev–Trinajstić information content (AvgIpc) is 3.26. The van der Waals surface area contributed by atoms with Gasteiger partial charge in [-0.2, -0.15) is 5.10 Å². The molecule has 3 N–H and O–H groups in total. The Morgan fingerprint density at radius 3 is 3.00 bits per heavy atom. The van der Waals surface area contributed by atoms with Gasteiger partial charge < -0.3 is 20.1 Å². The largest absolute Gasteiger partial charge is 0.412 e. The van der Waals surface area contributed by atoms with E-state index in [9.17, 15) is 14.3 Å². The molecule has 0 radical (unpaired) electrons. The predicted octanol–water partition coefficient (Wildman–Crippen LogP) is 2.90. The average molecular weight is 424 g/mol. The Balaban J connectivity index is 1.42. The number of nitrogens with one attached hydrogen (secondary N) is 2. The van der Waals surface area contributed by atoms with E-state index in [4.69, 9.17) is 4.74 Å². The number of aliphatic hydroxyl groups excluding tert-OH is 1. The molecule has 5 rings (SSSR count). The van der Waals surface area contributed by atoms with Crippen molar-refractivity contribution in [2.45, 2.75) is 31.9 Å². The summed E-state index contributed by atoms with van der Waals surface area (Å²) in [7, 11) is 1.73. The molecule has 1 aliphatic carbocycles. The van der Waals surface area contributed by atoms with Crippen LogP contribution in [-0.4, -0.2) is 48.1 Å². The van der Waals surface area contributed by atoms with Crippen LogP contribution >= 0.6 is 0 Å². The molecule has 1 atom stereocenters.